The summed E-state index contributed by atoms with van der Waals surface area (Å²) in [5.74, 6) is 0.808. The van der Waals surface area contributed by atoms with Gasteiger partial charge in [0.25, 0.3) is 0 Å². The quantitative estimate of drug-likeness (QED) is 0.638. The highest BCUT2D eigenvalue weighted by atomic mass is 16.5. The summed E-state index contributed by atoms with van der Waals surface area (Å²) in [7, 11) is 0. The third kappa shape index (κ3) is 4.62. The first-order valence-electron chi connectivity index (χ1n) is 8.23. The average Bonchev–Trinajstić information content (AvgIpc) is 2.48. The first-order chi connectivity index (χ1) is 10.9. The van der Waals surface area contributed by atoms with Crippen LogP contribution in [0, 0.1) is 5.41 Å². The molecule has 24 heavy (non-hydrogen) atoms. The molecule has 5 nitrogen and oxygen atoms in total. The Kier molecular flexibility index (Phi) is 6.31. The third-order valence-corrected chi connectivity index (χ3v) is 4.25. The number of ether oxygens (including phenoxy) is 1. The van der Waals surface area contributed by atoms with Gasteiger partial charge in [-0.05, 0) is 23.0 Å². The van der Waals surface area contributed by atoms with E-state index in [-0.39, 0.29) is 43.0 Å². The second-order valence-corrected chi connectivity index (χ2v) is 8.63. The lowest BCUT2D eigenvalue weighted by atomic mass is 9.79. The van der Waals surface area contributed by atoms with Crippen LogP contribution in [0.1, 0.15) is 52.7 Å². The van der Waals surface area contributed by atoms with Crippen LogP contribution in [-0.2, 0) is 10.8 Å². The highest BCUT2D eigenvalue weighted by Gasteiger charge is 2.31. The van der Waals surface area contributed by atoms with Crippen LogP contribution in [0.4, 0.5) is 0 Å². The molecule has 0 amide bonds. The topological polar surface area (TPSA) is 90.2 Å². The van der Waals surface area contributed by atoms with Crippen LogP contribution in [0.15, 0.2) is 12.1 Å². The zero-order valence-electron chi connectivity index (χ0n) is 15.7. The number of benzene rings is 1. The summed E-state index contributed by atoms with van der Waals surface area (Å²) in [6.07, 6.45) is 0. The minimum Gasteiger partial charge on any atom is -0.507 e. The molecule has 0 heterocycles. The monoisotopic (exact) mass is 340 g/mol. The normalized spacial score (nSPS) is 13.2. The summed E-state index contributed by atoms with van der Waals surface area (Å²) in [5, 5.41) is 39.0. The van der Waals surface area contributed by atoms with Crippen molar-refractivity contribution in [2.45, 2.75) is 52.4 Å². The fourth-order valence-corrected chi connectivity index (χ4v) is 2.36. The number of hydrogen-bond acceptors (Lipinski definition) is 5. The van der Waals surface area contributed by atoms with Gasteiger partial charge in [0.1, 0.15) is 18.1 Å². The molecular formula is C19H32O5. The van der Waals surface area contributed by atoms with Crippen LogP contribution in [-0.4, -0.2) is 46.9 Å². The Morgan fingerprint density at radius 2 is 1.17 bits per heavy atom. The van der Waals surface area contributed by atoms with Gasteiger partial charge >= 0.3 is 0 Å². The van der Waals surface area contributed by atoms with Crippen molar-refractivity contribution < 1.29 is 25.2 Å². The van der Waals surface area contributed by atoms with Gasteiger partial charge in [0.05, 0.1) is 25.2 Å². The van der Waals surface area contributed by atoms with E-state index < -0.39 is 5.41 Å². The van der Waals surface area contributed by atoms with E-state index >= 15 is 0 Å². The molecule has 138 valence electrons. The molecule has 0 spiro atoms. The van der Waals surface area contributed by atoms with Crippen molar-refractivity contribution in [3.8, 4) is 11.5 Å². The van der Waals surface area contributed by atoms with Crippen LogP contribution in [0.2, 0.25) is 0 Å². The Morgan fingerprint density at radius 3 is 1.46 bits per heavy atom. The number of aliphatic hydroxyl groups is 3. The van der Waals surface area contributed by atoms with Gasteiger partial charge in [0.15, 0.2) is 0 Å². The van der Waals surface area contributed by atoms with Crippen LogP contribution < -0.4 is 4.74 Å². The second kappa shape index (κ2) is 7.30. The SMILES string of the molecule is CC(C)(C)c1cc(OCC(CO)(CO)CO)cc(C(C)(C)C)c1O. The van der Waals surface area contributed by atoms with Gasteiger partial charge in [-0.3, -0.25) is 0 Å². The van der Waals surface area contributed by atoms with Crippen molar-refractivity contribution in [3.63, 3.8) is 0 Å². The van der Waals surface area contributed by atoms with E-state index in [1.54, 1.807) is 12.1 Å². The number of phenols is 1. The smallest absolute Gasteiger partial charge is 0.123 e. The van der Waals surface area contributed by atoms with E-state index in [1.165, 1.54) is 0 Å². The van der Waals surface area contributed by atoms with E-state index in [4.69, 9.17) is 4.74 Å². The molecule has 5 heteroatoms. The Balaban J connectivity index is 3.30. The van der Waals surface area contributed by atoms with Gasteiger partial charge in [-0.2, -0.15) is 0 Å². The zero-order valence-corrected chi connectivity index (χ0v) is 15.7. The lowest BCUT2D eigenvalue weighted by molar-refractivity contribution is -0.0259. The first kappa shape index (κ1) is 20.7. The van der Waals surface area contributed by atoms with Crippen LogP contribution in [0.3, 0.4) is 0 Å². The molecule has 4 N–H and O–H groups in total. The van der Waals surface area contributed by atoms with E-state index in [2.05, 4.69) is 0 Å². The van der Waals surface area contributed by atoms with E-state index in [0.29, 0.717) is 5.75 Å². The summed E-state index contributed by atoms with van der Waals surface area (Å²) in [6, 6.07) is 3.56. The van der Waals surface area contributed by atoms with Gasteiger partial charge in [0.2, 0.25) is 0 Å². The Bertz CT molecular complexity index is 505. The first-order valence-corrected chi connectivity index (χ1v) is 8.23. The summed E-state index contributed by atoms with van der Waals surface area (Å²) in [5.41, 5.74) is -0.0985. The van der Waals surface area contributed by atoms with Crippen molar-refractivity contribution >= 4 is 0 Å². The van der Waals surface area contributed by atoms with Gasteiger partial charge in [-0.1, -0.05) is 41.5 Å². The number of aromatic hydroxyl groups is 1. The van der Waals surface area contributed by atoms with Crippen LogP contribution in [0.5, 0.6) is 11.5 Å². The van der Waals surface area contributed by atoms with Gasteiger partial charge in [-0.15, -0.1) is 0 Å². The minimum atomic E-state index is -1.10. The van der Waals surface area contributed by atoms with E-state index in [0.717, 1.165) is 11.1 Å². The number of aliphatic hydroxyl groups excluding tert-OH is 3. The van der Waals surface area contributed by atoms with E-state index in [9.17, 15) is 20.4 Å². The van der Waals surface area contributed by atoms with Crippen LogP contribution in [0.25, 0.3) is 0 Å². The van der Waals surface area contributed by atoms with Crippen molar-refractivity contribution in [1.29, 1.82) is 0 Å². The molecule has 1 aromatic rings. The maximum Gasteiger partial charge on any atom is 0.123 e. The summed E-state index contributed by atoms with van der Waals surface area (Å²) >= 11 is 0. The third-order valence-electron chi connectivity index (χ3n) is 4.25. The molecule has 1 aromatic carbocycles. The standard InChI is InChI=1S/C19H32O5/c1-17(2,3)14-7-13(8-15(16(14)23)18(4,5)6)24-12-19(9-20,10-21)11-22/h7-8,20-23H,9-12H2,1-6H3. The minimum absolute atomic E-state index is 0.0194. The predicted octanol–water partition coefficient (Wildman–Crippen LogP) is 2.33. The predicted molar refractivity (Wildman–Crippen MR) is 94.7 cm³/mol. The lowest BCUT2D eigenvalue weighted by Crippen LogP contribution is -2.39. The fraction of sp³-hybridized carbons (Fsp3) is 0.684. The Labute approximate surface area is 144 Å². The van der Waals surface area contributed by atoms with Gasteiger partial charge in [0, 0.05) is 11.1 Å². The number of phenolic OH excluding ortho intramolecular Hbond substituents is 1. The Hall–Kier alpha value is -1.30. The highest BCUT2D eigenvalue weighted by Crippen LogP contribution is 2.41. The molecule has 0 radical (unpaired) electrons. The fourth-order valence-electron chi connectivity index (χ4n) is 2.36. The van der Waals surface area contributed by atoms with E-state index in [1.807, 2.05) is 41.5 Å². The maximum absolute atomic E-state index is 10.7. The van der Waals surface area contributed by atoms with Crippen molar-refractivity contribution in [2.75, 3.05) is 26.4 Å². The molecule has 0 fully saturated rings. The maximum atomic E-state index is 10.7. The van der Waals surface area contributed by atoms with Gasteiger partial charge in [-0.25, -0.2) is 0 Å². The molecular weight excluding hydrogens is 308 g/mol. The molecule has 0 saturated carbocycles. The Morgan fingerprint density at radius 1 is 0.792 bits per heavy atom. The zero-order chi connectivity index (χ0) is 18.8. The van der Waals surface area contributed by atoms with Crippen LogP contribution >= 0.6 is 0 Å². The number of hydrogen-bond donors (Lipinski definition) is 4. The largest absolute Gasteiger partial charge is 0.507 e. The highest BCUT2D eigenvalue weighted by molar-refractivity contribution is 5.52. The molecule has 1 rings (SSSR count). The lowest BCUT2D eigenvalue weighted by Gasteiger charge is -2.30. The second-order valence-electron chi connectivity index (χ2n) is 8.63. The molecule has 0 saturated heterocycles. The molecule has 0 aliphatic rings. The van der Waals surface area contributed by atoms with Gasteiger partial charge < -0.3 is 25.2 Å². The summed E-state index contributed by atoms with van der Waals surface area (Å²) < 4.78 is 5.78. The summed E-state index contributed by atoms with van der Waals surface area (Å²) in [4.78, 5) is 0. The average molecular weight is 340 g/mol. The molecule has 0 aromatic heterocycles. The summed E-state index contributed by atoms with van der Waals surface area (Å²) in [6.45, 7) is 10.9. The van der Waals surface area contributed by atoms with Crippen molar-refractivity contribution in [3.05, 3.63) is 23.3 Å². The molecule has 0 bridgehead atoms. The van der Waals surface area contributed by atoms with Crippen molar-refractivity contribution in [2.24, 2.45) is 5.41 Å². The molecule has 0 atom stereocenters. The molecule has 0 aliphatic carbocycles. The van der Waals surface area contributed by atoms with Crippen molar-refractivity contribution in [1.82, 2.24) is 0 Å². The number of rotatable bonds is 6. The molecule has 0 aliphatic heterocycles. The molecule has 0 unspecified atom stereocenters.